The first-order valence-electron chi connectivity index (χ1n) is 6.61. The highest BCUT2D eigenvalue weighted by molar-refractivity contribution is 6.30. The first-order chi connectivity index (χ1) is 9.38. The molecule has 2 N–H and O–H groups in total. The number of rotatable bonds is 4. The molecule has 5 heteroatoms. The molecule has 0 bridgehead atoms. The molecule has 1 aromatic heterocycles. The van der Waals surface area contributed by atoms with Crippen molar-refractivity contribution >= 4 is 11.6 Å². The first-order valence-corrected chi connectivity index (χ1v) is 6.98. The topological polar surface area (TPSA) is 43.8 Å². The van der Waals surface area contributed by atoms with Crippen LogP contribution in [0.5, 0.6) is 0 Å². The van der Waals surface area contributed by atoms with E-state index in [2.05, 4.69) is 5.10 Å². The molecule has 1 unspecified atom stereocenters. The van der Waals surface area contributed by atoms with Gasteiger partial charge in [-0.2, -0.15) is 5.10 Å². The monoisotopic (exact) mass is 295 g/mol. The SMILES string of the molecule is Cc1nn(Cc2cc(Cl)ccc2F)c(C)c1CC(C)N. The second-order valence-electron chi connectivity index (χ2n) is 5.22. The largest absolute Gasteiger partial charge is 0.328 e. The lowest BCUT2D eigenvalue weighted by Crippen LogP contribution is -2.18. The minimum Gasteiger partial charge on any atom is -0.328 e. The molecule has 0 amide bonds. The highest BCUT2D eigenvalue weighted by Gasteiger charge is 2.14. The molecule has 20 heavy (non-hydrogen) atoms. The molecular weight excluding hydrogens is 277 g/mol. The van der Waals surface area contributed by atoms with E-state index in [1.807, 2.05) is 25.5 Å². The normalized spacial score (nSPS) is 12.7. The maximum absolute atomic E-state index is 13.8. The third-order valence-corrected chi connectivity index (χ3v) is 3.62. The number of halogens is 2. The van der Waals surface area contributed by atoms with E-state index in [0.29, 0.717) is 17.1 Å². The Balaban J connectivity index is 2.32. The van der Waals surface area contributed by atoms with Crippen molar-refractivity contribution in [1.29, 1.82) is 0 Å². The van der Waals surface area contributed by atoms with Gasteiger partial charge in [0.15, 0.2) is 0 Å². The Labute approximate surface area is 123 Å². The molecule has 0 saturated heterocycles. The van der Waals surface area contributed by atoms with Crippen LogP contribution in [0.25, 0.3) is 0 Å². The lowest BCUT2D eigenvalue weighted by Gasteiger charge is -2.08. The Morgan fingerprint density at radius 2 is 2.10 bits per heavy atom. The zero-order chi connectivity index (χ0) is 14.9. The van der Waals surface area contributed by atoms with Gasteiger partial charge in [-0.1, -0.05) is 11.6 Å². The average Bonchev–Trinajstić information content (AvgIpc) is 2.61. The van der Waals surface area contributed by atoms with E-state index in [0.717, 1.165) is 23.4 Å². The van der Waals surface area contributed by atoms with E-state index >= 15 is 0 Å². The minimum atomic E-state index is -0.268. The molecule has 108 valence electrons. The van der Waals surface area contributed by atoms with E-state index in [-0.39, 0.29) is 11.9 Å². The third-order valence-electron chi connectivity index (χ3n) is 3.39. The molecule has 0 radical (unpaired) electrons. The molecule has 0 aliphatic heterocycles. The molecule has 0 saturated carbocycles. The number of benzene rings is 1. The van der Waals surface area contributed by atoms with Crippen LogP contribution in [0.15, 0.2) is 18.2 Å². The van der Waals surface area contributed by atoms with Gasteiger partial charge in [0.25, 0.3) is 0 Å². The fraction of sp³-hybridized carbons (Fsp3) is 0.400. The van der Waals surface area contributed by atoms with E-state index in [9.17, 15) is 4.39 Å². The molecule has 0 fully saturated rings. The number of nitrogens with zero attached hydrogens (tertiary/aromatic N) is 2. The summed E-state index contributed by atoms with van der Waals surface area (Å²) in [4.78, 5) is 0. The van der Waals surface area contributed by atoms with Crippen molar-refractivity contribution in [2.24, 2.45) is 5.73 Å². The number of aryl methyl sites for hydroxylation is 1. The average molecular weight is 296 g/mol. The summed E-state index contributed by atoms with van der Waals surface area (Å²) in [5.74, 6) is -0.268. The summed E-state index contributed by atoms with van der Waals surface area (Å²) in [7, 11) is 0. The van der Waals surface area contributed by atoms with E-state index in [1.165, 1.54) is 6.07 Å². The predicted octanol–water partition coefficient (Wildman–Crippen LogP) is 3.23. The fourth-order valence-corrected chi connectivity index (χ4v) is 2.53. The van der Waals surface area contributed by atoms with Crippen molar-refractivity contribution in [1.82, 2.24) is 9.78 Å². The molecule has 2 aromatic rings. The van der Waals surface area contributed by atoms with Crippen molar-refractivity contribution in [3.05, 3.63) is 51.6 Å². The van der Waals surface area contributed by atoms with Gasteiger partial charge in [0.1, 0.15) is 5.82 Å². The summed E-state index contributed by atoms with van der Waals surface area (Å²) in [6, 6.07) is 4.64. The maximum atomic E-state index is 13.8. The molecular formula is C15H19ClFN3. The van der Waals surface area contributed by atoms with Gasteiger partial charge in [-0.3, -0.25) is 4.68 Å². The predicted molar refractivity (Wildman–Crippen MR) is 79.6 cm³/mol. The second-order valence-corrected chi connectivity index (χ2v) is 5.66. The Kier molecular flexibility index (Phi) is 4.45. The van der Waals surface area contributed by atoms with Crippen LogP contribution >= 0.6 is 11.6 Å². The van der Waals surface area contributed by atoms with Crippen LogP contribution in [-0.2, 0) is 13.0 Å². The first kappa shape index (κ1) is 15.0. The summed E-state index contributed by atoms with van der Waals surface area (Å²) < 4.78 is 15.6. The summed E-state index contributed by atoms with van der Waals surface area (Å²) in [5, 5.41) is 5.01. The van der Waals surface area contributed by atoms with Crippen LogP contribution < -0.4 is 5.73 Å². The summed E-state index contributed by atoms with van der Waals surface area (Å²) in [6.45, 7) is 6.28. The lowest BCUT2D eigenvalue weighted by atomic mass is 10.1. The summed E-state index contributed by atoms with van der Waals surface area (Å²) in [5.41, 5.74) is 9.51. The van der Waals surface area contributed by atoms with Gasteiger partial charge in [-0.05, 0) is 51.0 Å². The van der Waals surface area contributed by atoms with Crippen molar-refractivity contribution < 1.29 is 4.39 Å². The summed E-state index contributed by atoms with van der Waals surface area (Å²) >= 11 is 5.92. The van der Waals surface area contributed by atoms with E-state index in [1.54, 1.807) is 12.1 Å². The van der Waals surface area contributed by atoms with Crippen molar-refractivity contribution in [2.45, 2.75) is 39.8 Å². The van der Waals surface area contributed by atoms with E-state index < -0.39 is 0 Å². The van der Waals surface area contributed by atoms with E-state index in [4.69, 9.17) is 17.3 Å². The van der Waals surface area contributed by atoms with Crippen LogP contribution in [-0.4, -0.2) is 15.8 Å². The van der Waals surface area contributed by atoms with Crippen LogP contribution in [0.3, 0.4) is 0 Å². The molecule has 1 atom stereocenters. The Hall–Kier alpha value is -1.39. The van der Waals surface area contributed by atoms with Gasteiger partial charge >= 0.3 is 0 Å². The quantitative estimate of drug-likeness (QED) is 0.941. The van der Waals surface area contributed by atoms with Crippen LogP contribution in [0.4, 0.5) is 4.39 Å². The Morgan fingerprint density at radius 3 is 2.75 bits per heavy atom. The highest BCUT2D eigenvalue weighted by Crippen LogP contribution is 2.19. The van der Waals surface area contributed by atoms with Gasteiger partial charge < -0.3 is 5.73 Å². The Morgan fingerprint density at radius 1 is 1.40 bits per heavy atom. The number of nitrogens with two attached hydrogens (primary N) is 1. The molecule has 0 aliphatic rings. The number of hydrogen-bond acceptors (Lipinski definition) is 2. The van der Waals surface area contributed by atoms with Gasteiger partial charge in [0.2, 0.25) is 0 Å². The standard InChI is InChI=1S/C15H19ClFN3/c1-9(18)6-14-10(2)19-20(11(14)3)8-12-7-13(16)4-5-15(12)17/h4-5,7,9H,6,8,18H2,1-3H3. The smallest absolute Gasteiger partial charge is 0.128 e. The maximum Gasteiger partial charge on any atom is 0.128 e. The molecule has 1 aromatic carbocycles. The third kappa shape index (κ3) is 3.19. The molecule has 0 aliphatic carbocycles. The zero-order valence-corrected chi connectivity index (χ0v) is 12.7. The van der Waals surface area contributed by atoms with Gasteiger partial charge in [-0.25, -0.2) is 4.39 Å². The fourth-order valence-electron chi connectivity index (χ4n) is 2.33. The molecule has 2 rings (SSSR count). The molecule has 3 nitrogen and oxygen atoms in total. The van der Waals surface area contributed by atoms with Crippen LogP contribution in [0, 0.1) is 19.7 Å². The molecule has 1 heterocycles. The molecule has 0 spiro atoms. The van der Waals surface area contributed by atoms with Crippen LogP contribution in [0.1, 0.15) is 29.4 Å². The lowest BCUT2D eigenvalue weighted by molar-refractivity contribution is 0.578. The highest BCUT2D eigenvalue weighted by atomic mass is 35.5. The number of aromatic nitrogens is 2. The van der Waals surface area contributed by atoms with Crippen LogP contribution in [0.2, 0.25) is 5.02 Å². The number of hydrogen-bond donors (Lipinski definition) is 1. The van der Waals surface area contributed by atoms with Gasteiger partial charge in [0, 0.05) is 22.3 Å². The summed E-state index contributed by atoms with van der Waals surface area (Å²) in [6.07, 6.45) is 0.774. The van der Waals surface area contributed by atoms with Crippen molar-refractivity contribution in [2.75, 3.05) is 0 Å². The zero-order valence-electron chi connectivity index (χ0n) is 12.0. The van der Waals surface area contributed by atoms with Gasteiger partial charge in [0.05, 0.1) is 12.2 Å². The van der Waals surface area contributed by atoms with Crippen molar-refractivity contribution in [3.63, 3.8) is 0 Å². The minimum absolute atomic E-state index is 0.0768. The Bertz CT molecular complexity index is 620. The van der Waals surface area contributed by atoms with Crippen molar-refractivity contribution in [3.8, 4) is 0 Å². The van der Waals surface area contributed by atoms with Gasteiger partial charge in [-0.15, -0.1) is 0 Å². The second kappa shape index (κ2) is 5.94.